The first kappa shape index (κ1) is 29.4. The molecule has 0 aliphatic heterocycles. The van der Waals surface area contributed by atoms with Gasteiger partial charge in [0.05, 0.1) is 30.2 Å². The molecule has 1 unspecified atom stereocenters. The van der Waals surface area contributed by atoms with Crippen LogP contribution in [-0.4, -0.2) is 30.5 Å². The number of phenolic OH excluding ortho intramolecular Hbond substituents is 1. The van der Waals surface area contributed by atoms with Crippen molar-refractivity contribution in [2.75, 3.05) is 7.11 Å². The number of carbonyl (C=O) groups excluding carboxylic acids is 2. The lowest BCUT2D eigenvalue weighted by atomic mass is 9.98. The Balaban J connectivity index is 1.59. The van der Waals surface area contributed by atoms with Gasteiger partial charge in [0.25, 0.3) is 5.91 Å². The number of methoxy groups -OCH3 is 1. The second kappa shape index (κ2) is 12.3. The summed E-state index contributed by atoms with van der Waals surface area (Å²) in [6.45, 7) is 0. The summed E-state index contributed by atoms with van der Waals surface area (Å²) in [5, 5.41) is 13.0. The topological polar surface area (TPSA) is 84.9 Å². The molecule has 0 bridgehead atoms. The van der Waals surface area contributed by atoms with Crippen LogP contribution in [0.25, 0.3) is 22.3 Å². The number of halogens is 5. The summed E-state index contributed by atoms with van der Waals surface area (Å²) in [5.41, 5.74) is 2.41. The average Bonchev–Trinajstić information content (AvgIpc) is 2.93. The van der Waals surface area contributed by atoms with Crippen LogP contribution in [0, 0.1) is 5.82 Å². The Morgan fingerprint density at radius 3 is 2.20 bits per heavy atom. The van der Waals surface area contributed by atoms with Gasteiger partial charge in [-0.3, -0.25) is 9.59 Å². The molecule has 11 heteroatoms. The van der Waals surface area contributed by atoms with E-state index in [2.05, 4.69) is 10.1 Å². The molecule has 0 saturated carbocycles. The highest BCUT2D eigenvalue weighted by Crippen LogP contribution is 2.31. The monoisotopic (exact) mass is 587 g/mol. The number of hydrogen-bond donors (Lipinski definition) is 2. The van der Waals surface area contributed by atoms with Crippen molar-refractivity contribution in [2.24, 2.45) is 0 Å². The van der Waals surface area contributed by atoms with Gasteiger partial charge in [-0.05, 0) is 64.2 Å². The second-order valence-electron chi connectivity index (χ2n) is 8.86. The Kier molecular flexibility index (Phi) is 8.83. The highest BCUT2D eigenvalue weighted by molar-refractivity contribution is 6.31. The molecule has 0 aromatic heterocycles. The van der Waals surface area contributed by atoms with Gasteiger partial charge in [0.1, 0.15) is 17.3 Å². The standard InChI is InChI=1S/C30H22ClF4NO5/c1-40-28(38)16-26(18-7-5-17(6-8-18)19-3-2-4-22(13-19)41-30(33,34)35)36-29(39)23-14-20(10-12-27(23)37)21-9-11-25(32)24(31)15-21/h2-15,26,37H,16H2,1H3,(H,36,39). The number of phenols is 1. The third-order valence-corrected chi connectivity index (χ3v) is 6.40. The third kappa shape index (κ3) is 7.55. The summed E-state index contributed by atoms with van der Waals surface area (Å²) in [6.07, 6.45) is -5.08. The lowest BCUT2D eigenvalue weighted by Crippen LogP contribution is -2.30. The number of alkyl halides is 3. The van der Waals surface area contributed by atoms with Crippen LogP contribution in [0.3, 0.4) is 0 Å². The molecule has 4 aromatic carbocycles. The first-order valence-corrected chi connectivity index (χ1v) is 12.4. The first-order chi connectivity index (χ1) is 19.4. The minimum Gasteiger partial charge on any atom is -0.507 e. The molecular formula is C30H22ClF4NO5. The van der Waals surface area contributed by atoms with E-state index in [4.69, 9.17) is 16.3 Å². The quantitative estimate of drug-likeness (QED) is 0.165. The van der Waals surface area contributed by atoms with E-state index in [1.54, 1.807) is 30.3 Å². The molecule has 0 saturated heterocycles. The van der Waals surface area contributed by atoms with Crippen molar-refractivity contribution in [3.63, 3.8) is 0 Å². The van der Waals surface area contributed by atoms with E-state index in [-0.39, 0.29) is 28.5 Å². The maximum atomic E-state index is 13.6. The lowest BCUT2D eigenvalue weighted by Gasteiger charge is -2.19. The Labute approximate surface area is 237 Å². The largest absolute Gasteiger partial charge is 0.573 e. The van der Waals surface area contributed by atoms with E-state index in [0.717, 1.165) is 0 Å². The molecule has 1 amide bonds. The molecule has 1 atom stereocenters. The van der Waals surface area contributed by atoms with Gasteiger partial charge in [-0.25, -0.2) is 4.39 Å². The molecule has 0 fully saturated rings. The minimum atomic E-state index is -4.83. The summed E-state index contributed by atoms with van der Waals surface area (Å²) >= 11 is 5.88. The fourth-order valence-electron chi connectivity index (χ4n) is 4.09. The van der Waals surface area contributed by atoms with Crippen molar-refractivity contribution < 1.29 is 41.7 Å². The van der Waals surface area contributed by atoms with Crippen LogP contribution in [0.2, 0.25) is 5.02 Å². The second-order valence-corrected chi connectivity index (χ2v) is 9.27. The molecule has 6 nitrogen and oxygen atoms in total. The first-order valence-electron chi connectivity index (χ1n) is 12.1. The molecule has 4 rings (SSSR count). The van der Waals surface area contributed by atoms with Gasteiger partial charge in [0.2, 0.25) is 0 Å². The van der Waals surface area contributed by atoms with Gasteiger partial charge in [0.15, 0.2) is 0 Å². The van der Waals surface area contributed by atoms with Crippen molar-refractivity contribution in [1.29, 1.82) is 0 Å². The molecule has 41 heavy (non-hydrogen) atoms. The molecule has 0 heterocycles. The van der Waals surface area contributed by atoms with E-state index in [9.17, 15) is 32.3 Å². The van der Waals surface area contributed by atoms with E-state index >= 15 is 0 Å². The highest BCUT2D eigenvalue weighted by atomic mass is 35.5. The van der Waals surface area contributed by atoms with Gasteiger partial charge >= 0.3 is 12.3 Å². The summed E-state index contributed by atoms with van der Waals surface area (Å²) in [7, 11) is 1.20. The van der Waals surface area contributed by atoms with Crippen molar-refractivity contribution in [3.05, 3.63) is 107 Å². The van der Waals surface area contributed by atoms with Gasteiger partial charge < -0.3 is 19.9 Å². The molecule has 0 radical (unpaired) electrons. The van der Waals surface area contributed by atoms with Crippen LogP contribution in [0.1, 0.15) is 28.4 Å². The SMILES string of the molecule is COC(=O)CC(NC(=O)c1cc(-c2ccc(F)c(Cl)c2)ccc1O)c1ccc(-c2cccc(OC(F)(F)F)c2)cc1. The maximum Gasteiger partial charge on any atom is 0.573 e. The summed E-state index contributed by atoms with van der Waals surface area (Å²) in [4.78, 5) is 25.4. The van der Waals surface area contributed by atoms with Crippen molar-refractivity contribution >= 4 is 23.5 Å². The zero-order valence-electron chi connectivity index (χ0n) is 21.3. The smallest absolute Gasteiger partial charge is 0.507 e. The fraction of sp³-hybridized carbons (Fsp3) is 0.133. The number of esters is 1. The van der Waals surface area contributed by atoms with Gasteiger partial charge in [-0.1, -0.05) is 60.1 Å². The van der Waals surface area contributed by atoms with E-state index in [1.807, 2.05) is 0 Å². The molecule has 0 aliphatic rings. The third-order valence-electron chi connectivity index (χ3n) is 6.11. The molecule has 4 aromatic rings. The normalized spacial score (nSPS) is 12.0. The van der Waals surface area contributed by atoms with Crippen LogP contribution in [-0.2, 0) is 9.53 Å². The predicted molar refractivity (Wildman–Crippen MR) is 144 cm³/mol. The average molecular weight is 588 g/mol. The number of amides is 1. The van der Waals surface area contributed by atoms with E-state index in [0.29, 0.717) is 27.8 Å². The van der Waals surface area contributed by atoms with Crippen LogP contribution >= 0.6 is 11.6 Å². The summed E-state index contributed by atoms with van der Waals surface area (Å²) in [5.74, 6) is -2.62. The number of nitrogens with one attached hydrogen (secondary N) is 1. The molecule has 2 N–H and O–H groups in total. The maximum absolute atomic E-state index is 13.6. The van der Waals surface area contributed by atoms with Crippen LogP contribution < -0.4 is 10.1 Å². The number of benzene rings is 4. The minimum absolute atomic E-state index is 0.101. The van der Waals surface area contributed by atoms with Crippen molar-refractivity contribution in [3.8, 4) is 33.8 Å². The number of ether oxygens (including phenoxy) is 2. The summed E-state index contributed by atoms with van der Waals surface area (Å²) in [6, 6.07) is 19.3. The van der Waals surface area contributed by atoms with Crippen molar-refractivity contribution in [2.45, 2.75) is 18.8 Å². The van der Waals surface area contributed by atoms with E-state index in [1.165, 1.54) is 61.7 Å². The summed E-state index contributed by atoms with van der Waals surface area (Å²) < 4.78 is 60.2. The van der Waals surface area contributed by atoms with Crippen LogP contribution in [0.5, 0.6) is 11.5 Å². The molecular weight excluding hydrogens is 566 g/mol. The Morgan fingerprint density at radius 1 is 0.902 bits per heavy atom. The Hall–Kier alpha value is -4.57. The Bertz CT molecular complexity index is 1570. The zero-order chi connectivity index (χ0) is 29.7. The van der Waals surface area contributed by atoms with Gasteiger partial charge in [0, 0.05) is 0 Å². The van der Waals surface area contributed by atoms with Crippen LogP contribution in [0.4, 0.5) is 17.6 Å². The number of carbonyl (C=O) groups is 2. The van der Waals surface area contributed by atoms with Crippen LogP contribution in [0.15, 0.2) is 84.9 Å². The lowest BCUT2D eigenvalue weighted by molar-refractivity contribution is -0.274. The molecule has 212 valence electrons. The zero-order valence-corrected chi connectivity index (χ0v) is 22.1. The Morgan fingerprint density at radius 2 is 1.54 bits per heavy atom. The number of hydrogen-bond acceptors (Lipinski definition) is 5. The molecule has 0 spiro atoms. The van der Waals surface area contributed by atoms with Crippen molar-refractivity contribution in [1.82, 2.24) is 5.32 Å². The van der Waals surface area contributed by atoms with Gasteiger partial charge in [-0.15, -0.1) is 13.2 Å². The predicted octanol–water partition coefficient (Wildman–Crippen LogP) is 7.45. The number of rotatable bonds is 8. The molecule has 0 aliphatic carbocycles. The fourth-order valence-corrected chi connectivity index (χ4v) is 4.27. The number of aromatic hydroxyl groups is 1. The van der Waals surface area contributed by atoms with E-state index < -0.39 is 30.1 Å². The van der Waals surface area contributed by atoms with Gasteiger partial charge in [-0.2, -0.15) is 0 Å². The highest BCUT2D eigenvalue weighted by Gasteiger charge is 2.31.